The first-order valence-corrected chi connectivity index (χ1v) is 7.53. The number of hydrogen-bond donors (Lipinski definition) is 2. The van der Waals surface area contributed by atoms with Crippen LogP contribution in [0.25, 0.3) is 0 Å². The van der Waals surface area contributed by atoms with Gasteiger partial charge in [-0.1, -0.05) is 19.3 Å². The lowest BCUT2D eigenvalue weighted by Crippen LogP contribution is -2.45. The van der Waals surface area contributed by atoms with Gasteiger partial charge in [0.25, 0.3) is 0 Å². The molecule has 0 spiro atoms. The zero-order valence-electron chi connectivity index (χ0n) is 8.85. The highest BCUT2D eigenvalue weighted by atomic mass is 32.2. The number of aliphatic hydroxyl groups excluding tert-OH is 1. The minimum atomic E-state index is -3.01. The van der Waals surface area contributed by atoms with Crippen LogP contribution in [0.3, 0.4) is 0 Å². The monoisotopic (exact) mass is 233 g/mol. The molecule has 15 heavy (non-hydrogen) atoms. The number of rotatable bonds is 2. The topological polar surface area (TPSA) is 66.4 Å². The van der Waals surface area contributed by atoms with Gasteiger partial charge in [-0.3, -0.25) is 0 Å². The van der Waals surface area contributed by atoms with E-state index in [0.717, 1.165) is 12.8 Å². The van der Waals surface area contributed by atoms with Gasteiger partial charge in [-0.05, 0) is 12.8 Å². The molecule has 2 aliphatic rings. The van der Waals surface area contributed by atoms with Crippen LogP contribution >= 0.6 is 0 Å². The van der Waals surface area contributed by atoms with Crippen molar-refractivity contribution in [1.82, 2.24) is 5.32 Å². The summed E-state index contributed by atoms with van der Waals surface area (Å²) in [6.45, 7) is 0. The molecular weight excluding hydrogens is 214 g/mol. The lowest BCUT2D eigenvalue weighted by Gasteiger charge is -2.27. The molecule has 1 aliphatic carbocycles. The molecule has 5 heteroatoms. The molecule has 1 heterocycles. The van der Waals surface area contributed by atoms with E-state index in [-0.39, 0.29) is 17.5 Å². The highest BCUT2D eigenvalue weighted by molar-refractivity contribution is 7.91. The minimum absolute atomic E-state index is 0.0720. The largest absolute Gasteiger partial charge is 0.390 e. The molecule has 2 fully saturated rings. The van der Waals surface area contributed by atoms with Gasteiger partial charge in [0.15, 0.2) is 9.84 Å². The summed E-state index contributed by atoms with van der Waals surface area (Å²) in [7, 11) is -3.01. The zero-order chi connectivity index (χ0) is 10.9. The van der Waals surface area contributed by atoms with Crippen LogP contribution in [0.15, 0.2) is 0 Å². The van der Waals surface area contributed by atoms with E-state index < -0.39 is 15.9 Å². The predicted molar refractivity (Wildman–Crippen MR) is 58.5 cm³/mol. The number of nitrogens with one attached hydrogen (secondary N) is 1. The van der Waals surface area contributed by atoms with Crippen LogP contribution in [0.2, 0.25) is 0 Å². The minimum Gasteiger partial charge on any atom is -0.390 e. The molecule has 1 aliphatic heterocycles. The summed E-state index contributed by atoms with van der Waals surface area (Å²) in [6, 6.07) is 0.171. The van der Waals surface area contributed by atoms with E-state index in [9.17, 15) is 13.5 Å². The number of sulfone groups is 1. The molecule has 1 saturated carbocycles. The number of aliphatic hydroxyl groups is 1. The molecule has 0 aromatic carbocycles. The Bertz CT molecular complexity index is 309. The van der Waals surface area contributed by atoms with E-state index >= 15 is 0 Å². The smallest absolute Gasteiger partial charge is 0.154 e. The maximum absolute atomic E-state index is 11.3. The molecule has 0 bridgehead atoms. The third-order valence-electron chi connectivity index (χ3n) is 3.38. The summed E-state index contributed by atoms with van der Waals surface area (Å²) in [5, 5.41) is 12.9. The van der Waals surface area contributed by atoms with Crippen molar-refractivity contribution in [3.8, 4) is 0 Å². The average molecular weight is 233 g/mol. The molecule has 88 valence electrons. The molecule has 0 aromatic rings. The lowest BCUT2D eigenvalue weighted by molar-refractivity contribution is 0.153. The summed E-state index contributed by atoms with van der Waals surface area (Å²) in [5.41, 5.74) is 0. The SMILES string of the molecule is O=S1(=O)CC(O)C(NC2CCCCC2)C1. The van der Waals surface area contributed by atoms with Crippen molar-refractivity contribution in [3.05, 3.63) is 0 Å². The third-order valence-corrected chi connectivity index (χ3v) is 5.09. The van der Waals surface area contributed by atoms with Gasteiger partial charge >= 0.3 is 0 Å². The zero-order valence-corrected chi connectivity index (χ0v) is 9.67. The Morgan fingerprint density at radius 1 is 1.07 bits per heavy atom. The third kappa shape index (κ3) is 2.92. The van der Waals surface area contributed by atoms with Gasteiger partial charge < -0.3 is 10.4 Å². The molecule has 0 radical (unpaired) electrons. The Morgan fingerprint density at radius 2 is 1.73 bits per heavy atom. The highest BCUT2D eigenvalue weighted by Gasteiger charge is 2.37. The fourth-order valence-electron chi connectivity index (χ4n) is 2.56. The molecule has 2 unspecified atom stereocenters. The van der Waals surface area contributed by atoms with E-state index in [2.05, 4.69) is 5.32 Å². The summed E-state index contributed by atoms with van der Waals surface area (Å²) < 4.78 is 22.6. The van der Waals surface area contributed by atoms with Crippen molar-refractivity contribution in [2.24, 2.45) is 0 Å². The standard InChI is InChI=1S/C10H19NO3S/c12-10-7-15(13,14)6-9(10)11-8-4-2-1-3-5-8/h8-12H,1-7H2. The Balaban J connectivity index is 1.89. The quantitative estimate of drug-likeness (QED) is 0.708. The first-order valence-electron chi connectivity index (χ1n) is 5.71. The molecule has 2 atom stereocenters. The van der Waals surface area contributed by atoms with E-state index in [0.29, 0.717) is 6.04 Å². The van der Waals surface area contributed by atoms with Crippen molar-refractivity contribution in [2.75, 3.05) is 11.5 Å². The van der Waals surface area contributed by atoms with Gasteiger partial charge in [0.1, 0.15) is 0 Å². The van der Waals surface area contributed by atoms with Crippen LogP contribution in [0.1, 0.15) is 32.1 Å². The van der Waals surface area contributed by atoms with Crippen LogP contribution in [0.5, 0.6) is 0 Å². The molecule has 0 aromatic heterocycles. The van der Waals surface area contributed by atoms with Crippen LogP contribution in [0.4, 0.5) is 0 Å². The van der Waals surface area contributed by atoms with Gasteiger partial charge in [0, 0.05) is 12.1 Å². The molecule has 2 rings (SSSR count). The Morgan fingerprint density at radius 3 is 2.27 bits per heavy atom. The fraction of sp³-hybridized carbons (Fsp3) is 1.00. The van der Waals surface area contributed by atoms with Crippen LogP contribution in [-0.2, 0) is 9.84 Å². The molecule has 4 nitrogen and oxygen atoms in total. The van der Waals surface area contributed by atoms with Gasteiger partial charge in [0.2, 0.25) is 0 Å². The van der Waals surface area contributed by atoms with Gasteiger partial charge in [-0.2, -0.15) is 0 Å². The maximum atomic E-state index is 11.3. The van der Waals surface area contributed by atoms with E-state index in [1.807, 2.05) is 0 Å². The van der Waals surface area contributed by atoms with Gasteiger partial charge in [-0.15, -0.1) is 0 Å². The van der Waals surface area contributed by atoms with Gasteiger partial charge in [-0.25, -0.2) is 8.42 Å². The van der Waals surface area contributed by atoms with E-state index in [4.69, 9.17) is 0 Å². The Labute approximate surface area is 91.0 Å². The lowest BCUT2D eigenvalue weighted by atomic mass is 9.94. The predicted octanol–water partition coefficient (Wildman–Crippen LogP) is 0.0666. The van der Waals surface area contributed by atoms with E-state index in [1.165, 1.54) is 19.3 Å². The Hall–Kier alpha value is -0.130. The molecule has 1 saturated heterocycles. The highest BCUT2D eigenvalue weighted by Crippen LogP contribution is 2.20. The summed E-state index contributed by atoms with van der Waals surface area (Å²) >= 11 is 0. The maximum Gasteiger partial charge on any atom is 0.154 e. The van der Waals surface area contributed by atoms with E-state index in [1.54, 1.807) is 0 Å². The Kier molecular flexibility index (Phi) is 3.33. The molecular formula is C10H19NO3S. The second-order valence-electron chi connectivity index (χ2n) is 4.75. The second-order valence-corrected chi connectivity index (χ2v) is 6.91. The van der Waals surface area contributed by atoms with Crippen LogP contribution in [0, 0.1) is 0 Å². The van der Waals surface area contributed by atoms with Gasteiger partial charge in [0.05, 0.1) is 17.6 Å². The second kappa shape index (κ2) is 4.39. The molecule has 2 N–H and O–H groups in total. The summed E-state index contributed by atoms with van der Waals surface area (Å²) in [5.74, 6) is 0.0298. The summed E-state index contributed by atoms with van der Waals surface area (Å²) in [6.07, 6.45) is 5.23. The number of hydrogen-bond acceptors (Lipinski definition) is 4. The van der Waals surface area contributed by atoms with Crippen molar-refractivity contribution in [3.63, 3.8) is 0 Å². The van der Waals surface area contributed by atoms with Crippen molar-refractivity contribution in [2.45, 2.75) is 50.3 Å². The fourth-order valence-corrected chi connectivity index (χ4v) is 4.31. The van der Waals surface area contributed by atoms with Crippen molar-refractivity contribution in [1.29, 1.82) is 0 Å². The van der Waals surface area contributed by atoms with Crippen molar-refractivity contribution >= 4 is 9.84 Å². The first-order chi connectivity index (χ1) is 7.07. The first kappa shape index (κ1) is 11.4. The van der Waals surface area contributed by atoms with Crippen LogP contribution < -0.4 is 5.32 Å². The normalized spacial score (nSPS) is 36.9. The summed E-state index contributed by atoms with van der Waals surface area (Å²) in [4.78, 5) is 0. The van der Waals surface area contributed by atoms with Crippen LogP contribution in [-0.4, -0.2) is 43.2 Å². The molecule has 0 amide bonds. The van der Waals surface area contributed by atoms with Crippen molar-refractivity contribution < 1.29 is 13.5 Å². The average Bonchev–Trinajstić information content (AvgIpc) is 2.41.